The minimum absolute atomic E-state index is 0.0287. The van der Waals surface area contributed by atoms with Gasteiger partial charge in [-0.25, -0.2) is 9.13 Å². The minimum Gasteiger partial charge on any atom is -0.463 e. The van der Waals surface area contributed by atoms with Gasteiger partial charge in [0.15, 0.2) is 6.10 Å². The van der Waals surface area contributed by atoms with Crippen LogP contribution in [0.3, 0.4) is 0 Å². The average Bonchev–Trinajstić information content (AvgIpc) is 0.894. The molecule has 0 saturated carbocycles. The Hall–Kier alpha value is -5.87. The van der Waals surface area contributed by atoms with Crippen LogP contribution in [-0.4, -0.2) is 95.9 Å². The van der Waals surface area contributed by atoms with E-state index in [0.717, 1.165) is 154 Å². The van der Waals surface area contributed by atoms with E-state index in [0.29, 0.717) is 25.7 Å². The quantitative estimate of drug-likeness (QED) is 0.0146. The molecule has 0 aliphatic carbocycles. The molecule has 0 aliphatic rings. The van der Waals surface area contributed by atoms with Gasteiger partial charge in [0.25, 0.3) is 0 Å². The van der Waals surface area contributed by atoms with Crippen molar-refractivity contribution in [3.05, 3.63) is 207 Å². The molecular formula is C97H158O16P2. The number of hydrogen-bond acceptors (Lipinski definition) is 14. The summed E-state index contributed by atoms with van der Waals surface area (Å²) < 4.78 is 61.3. The molecule has 0 aromatic carbocycles. The summed E-state index contributed by atoms with van der Waals surface area (Å²) >= 11 is 0. The minimum atomic E-state index is -4.97. The number of aliphatic hydroxyl groups excluding tert-OH is 2. The van der Waals surface area contributed by atoms with Crippen molar-refractivity contribution < 1.29 is 75.8 Å². The van der Waals surface area contributed by atoms with Crippen molar-refractivity contribution in [1.82, 2.24) is 0 Å². The molecule has 0 fully saturated rings. The van der Waals surface area contributed by atoms with Gasteiger partial charge in [-0.05, 0) is 154 Å². The Labute approximate surface area is 699 Å². The number of hydrogen-bond donors (Lipinski definition) is 4. The summed E-state index contributed by atoms with van der Waals surface area (Å²) in [6.45, 7) is 2.25. The number of aliphatic hydroxyl groups is 2. The molecule has 0 aliphatic heterocycles. The van der Waals surface area contributed by atoms with Crippen LogP contribution in [0.4, 0.5) is 0 Å². The van der Waals surface area contributed by atoms with Crippen LogP contribution in [-0.2, 0) is 55.8 Å². The summed E-state index contributed by atoms with van der Waals surface area (Å²) in [5, 5.41) is 20.7. The Morgan fingerprint density at radius 1 is 0.243 bits per heavy atom. The number of ether oxygens (including phenoxy) is 3. The molecule has 0 aromatic heterocycles. The van der Waals surface area contributed by atoms with Crippen molar-refractivity contribution in [3.63, 3.8) is 0 Å². The number of rotatable bonds is 82. The number of phosphoric ester groups is 2. The summed E-state index contributed by atoms with van der Waals surface area (Å²) in [7, 11) is -9.84. The smallest absolute Gasteiger partial charge is 0.463 e. The zero-order valence-electron chi connectivity index (χ0n) is 71.6. The van der Waals surface area contributed by atoms with Crippen LogP contribution in [0.5, 0.6) is 0 Å². The van der Waals surface area contributed by atoms with Gasteiger partial charge in [0.1, 0.15) is 25.4 Å². The van der Waals surface area contributed by atoms with Crippen LogP contribution in [0.2, 0.25) is 0 Å². The second-order valence-corrected chi connectivity index (χ2v) is 31.8. The van der Waals surface area contributed by atoms with Gasteiger partial charge in [-0.3, -0.25) is 32.5 Å². The normalized spacial score (nSPS) is 14.8. The third kappa shape index (κ3) is 88.8. The monoisotopic (exact) mass is 1640 g/mol. The van der Waals surface area contributed by atoms with Crippen molar-refractivity contribution >= 4 is 33.6 Å². The van der Waals surface area contributed by atoms with Crippen LogP contribution in [0.25, 0.3) is 0 Å². The lowest BCUT2D eigenvalue weighted by Crippen LogP contribution is -2.29. The third-order valence-corrected chi connectivity index (χ3v) is 19.9. The first kappa shape index (κ1) is 109. The molecule has 18 heteroatoms. The molecular weight excluding hydrogens is 1480 g/mol. The summed E-state index contributed by atoms with van der Waals surface area (Å²) in [6.07, 6.45) is 118. The Bertz CT molecular complexity index is 2920. The van der Waals surface area contributed by atoms with Crippen LogP contribution in [0, 0.1) is 0 Å². The lowest BCUT2D eigenvalue weighted by Gasteiger charge is -2.21. The maximum absolute atomic E-state index is 13.0. The molecule has 16 nitrogen and oxygen atoms in total. The van der Waals surface area contributed by atoms with Gasteiger partial charge >= 0.3 is 33.6 Å². The number of esters is 3. The zero-order chi connectivity index (χ0) is 83.6. The Kier molecular flexibility index (Phi) is 83.0. The van der Waals surface area contributed by atoms with Gasteiger partial charge in [-0.15, -0.1) is 0 Å². The van der Waals surface area contributed by atoms with Gasteiger partial charge in [-0.1, -0.05) is 362 Å². The van der Waals surface area contributed by atoms with Crippen LogP contribution in [0.15, 0.2) is 207 Å². The first-order valence-electron chi connectivity index (χ1n) is 44.4. The predicted molar refractivity (Wildman–Crippen MR) is 481 cm³/mol. The summed E-state index contributed by atoms with van der Waals surface area (Å²) in [4.78, 5) is 58.9. The second kappa shape index (κ2) is 87.4. The van der Waals surface area contributed by atoms with Gasteiger partial charge in [0.05, 0.1) is 26.4 Å². The van der Waals surface area contributed by atoms with Crippen molar-refractivity contribution in [3.8, 4) is 0 Å². The SMILES string of the molecule is CC/C=C\C/C=C\C/C=C\C/C=C\C/C=C\C/C=C\CCCCCCCCCCCCC(=O)OCC(COP(=O)(O)OCC(O)COP(=O)(O)OCC(O)COC(=O)CCCCCCCCCCCCCCCCC/C=C\C/C=C\C/C=C\C/C=C\C/C=C\CC)OC(=O)CC/C=C\C/C=C\C/C=C\C/C=C\C/C=C\C/C=C\CC. The number of allylic oxidation sites excluding steroid dienone is 34. The summed E-state index contributed by atoms with van der Waals surface area (Å²) in [5.41, 5.74) is 0. The van der Waals surface area contributed by atoms with E-state index in [-0.39, 0.29) is 19.3 Å². The largest absolute Gasteiger partial charge is 0.472 e. The van der Waals surface area contributed by atoms with Gasteiger partial charge in [0, 0.05) is 19.3 Å². The standard InChI is InChI=1S/C97H158O16P2/c1-4-7-10-13-16-19-22-25-28-31-34-36-38-40-42-44-45-47-49-50-52-54-57-59-62-65-68-71-74-77-80-83-95(100)107-86-92(98)87-109-114(103,104)110-88-93(99)89-111-115(105,106)112-91-94(113-97(102)85-82-79-76-73-70-67-64-61-56-33-30-27-24-21-18-15-12-9-6-3)90-108-96(101)84-81-78-75-72-69-66-63-60-58-55-53-51-48-46-43-41-39-37-35-32-29-26-23-20-17-14-11-8-5-2/h7-12,16-21,25-30,34-37,40-43,48,51,56,61,67,70,76,79,92-94,98-99H,4-6,13-15,22-24,31-33,38-39,44-47,49-50,52-55,57-60,62-66,68-69,71-75,77-78,80-91H2,1-3H3,(H,103,104)(H,105,106)/b10-7-,11-8-,12-9-,19-16-,20-17-,21-18-,28-25-,29-26-,30-27-,36-34-,37-35-,42-40-,43-41-,51-48-,61-56-,70-67-,79-76-. The zero-order valence-corrected chi connectivity index (χ0v) is 73.4. The second-order valence-electron chi connectivity index (χ2n) is 28.9. The molecule has 652 valence electrons. The van der Waals surface area contributed by atoms with E-state index in [1.807, 2.05) is 18.2 Å². The highest BCUT2D eigenvalue weighted by Crippen LogP contribution is 2.45. The maximum atomic E-state index is 13.0. The fraction of sp³-hybridized carbons (Fsp3) is 0.619. The molecule has 0 radical (unpaired) electrons. The predicted octanol–water partition coefficient (Wildman–Crippen LogP) is 27.2. The number of carbonyl (C=O) groups excluding carboxylic acids is 3. The molecule has 5 atom stereocenters. The Morgan fingerprint density at radius 2 is 0.452 bits per heavy atom. The summed E-state index contributed by atoms with van der Waals surface area (Å²) in [6, 6.07) is 0. The van der Waals surface area contributed by atoms with Crippen molar-refractivity contribution in [2.24, 2.45) is 0 Å². The number of carbonyl (C=O) groups is 3. The third-order valence-electron chi connectivity index (χ3n) is 18.0. The van der Waals surface area contributed by atoms with E-state index in [2.05, 4.69) is 209 Å². The molecule has 0 spiro atoms. The number of unbranched alkanes of at least 4 members (excludes halogenated alkanes) is 25. The van der Waals surface area contributed by atoms with E-state index >= 15 is 0 Å². The number of phosphoric acid groups is 2. The molecule has 0 saturated heterocycles. The van der Waals surface area contributed by atoms with Gasteiger partial charge < -0.3 is 34.2 Å². The highest BCUT2D eigenvalue weighted by molar-refractivity contribution is 7.47. The fourth-order valence-corrected chi connectivity index (χ4v) is 13.0. The van der Waals surface area contributed by atoms with Crippen LogP contribution in [0.1, 0.15) is 329 Å². The molecule has 0 rings (SSSR count). The van der Waals surface area contributed by atoms with Crippen molar-refractivity contribution in [2.75, 3.05) is 39.6 Å². The lowest BCUT2D eigenvalue weighted by atomic mass is 10.0. The van der Waals surface area contributed by atoms with E-state index in [9.17, 15) is 43.5 Å². The Morgan fingerprint density at radius 3 is 0.722 bits per heavy atom. The highest BCUT2D eigenvalue weighted by Gasteiger charge is 2.29. The van der Waals surface area contributed by atoms with E-state index in [1.165, 1.54) is 109 Å². The van der Waals surface area contributed by atoms with Crippen LogP contribution < -0.4 is 0 Å². The molecule has 5 unspecified atom stereocenters. The van der Waals surface area contributed by atoms with E-state index in [1.54, 1.807) is 0 Å². The van der Waals surface area contributed by atoms with E-state index < -0.39 is 91.5 Å². The first-order valence-corrected chi connectivity index (χ1v) is 47.4. The maximum Gasteiger partial charge on any atom is 0.472 e. The first-order chi connectivity index (χ1) is 56.2. The molecule has 0 aromatic rings. The molecule has 0 heterocycles. The highest BCUT2D eigenvalue weighted by atomic mass is 31.2. The van der Waals surface area contributed by atoms with Crippen molar-refractivity contribution in [2.45, 2.75) is 347 Å². The van der Waals surface area contributed by atoms with Gasteiger partial charge in [-0.2, -0.15) is 0 Å². The lowest BCUT2D eigenvalue weighted by molar-refractivity contribution is -0.161. The fourth-order valence-electron chi connectivity index (χ4n) is 11.4. The molecule has 4 N–H and O–H groups in total. The van der Waals surface area contributed by atoms with Gasteiger partial charge in [0.2, 0.25) is 0 Å². The topological polar surface area (TPSA) is 231 Å². The molecule has 0 bridgehead atoms. The average molecular weight is 1640 g/mol. The molecule has 0 amide bonds. The van der Waals surface area contributed by atoms with Crippen molar-refractivity contribution in [1.29, 1.82) is 0 Å². The Balaban J connectivity index is 4.63. The van der Waals surface area contributed by atoms with Crippen LogP contribution >= 0.6 is 15.6 Å². The van der Waals surface area contributed by atoms with E-state index in [4.69, 9.17) is 32.3 Å². The summed E-state index contributed by atoms with van der Waals surface area (Å²) in [5.74, 6) is -1.69. The molecule has 115 heavy (non-hydrogen) atoms.